The average molecular weight is 497 g/mol. The quantitative estimate of drug-likeness (QED) is 0.299. The van der Waals surface area contributed by atoms with Crippen LogP contribution in [0.2, 0.25) is 0 Å². The maximum Gasteiger partial charge on any atom is 0.269 e. The molecule has 186 valence electrons. The number of nitrogens with two attached hydrogens (primary N) is 1. The van der Waals surface area contributed by atoms with Gasteiger partial charge in [0, 0.05) is 11.8 Å². The Labute approximate surface area is 212 Å². The predicted molar refractivity (Wildman–Crippen MR) is 143 cm³/mol. The molecule has 5 aromatic rings. The van der Waals surface area contributed by atoms with E-state index in [4.69, 9.17) is 10.7 Å². The van der Waals surface area contributed by atoms with E-state index in [0.29, 0.717) is 29.4 Å². The summed E-state index contributed by atoms with van der Waals surface area (Å²) >= 11 is 0. The number of hydrogen-bond donors (Lipinski definition) is 3. The number of halogens is 1. The summed E-state index contributed by atoms with van der Waals surface area (Å²) in [5.41, 5.74) is 8.50. The Bertz CT molecular complexity index is 1650. The van der Waals surface area contributed by atoms with Crippen LogP contribution in [-0.4, -0.2) is 29.5 Å². The largest absolute Gasteiger partial charge is 0.368 e. The van der Waals surface area contributed by atoms with Crippen molar-refractivity contribution in [2.75, 3.05) is 11.1 Å². The van der Waals surface area contributed by atoms with Gasteiger partial charge < -0.3 is 16.0 Å². The van der Waals surface area contributed by atoms with E-state index in [-0.39, 0.29) is 16.9 Å². The van der Waals surface area contributed by atoms with Gasteiger partial charge in [-0.15, -0.1) is 0 Å². The molecule has 0 bridgehead atoms. The smallest absolute Gasteiger partial charge is 0.269 e. The van der Waals surface area contributed by atoms with Crippen molar-refractivity contribution < 1.29 is 4.39 Å². The van der Waals surface area contributed by atoms with Crippen molar-refractivity contribution in [3.63, 3.8) is 0 Å². The van der Waals surface area contributed by atoms with Gasteiger partial charge in [-0.2, -0.15) is 4.98 Å². The second kappa shape index (κ2) is 10.0. The molecule has 10 heteroatoms. The number of imidazole rings is 1. The Balaban J connectivity index is 1.67. The minimum Gasteiger partial charge on any atom is -0.368 e. The summed E-state index contributed by atoms with van der Waals surface area (Å²) < 4.78 is 16.2. The predicted octanol–water partition coefficient (Wildman–Crippen LogP) is 4.66. The standard InChI is InChI=1S/C27H25FN8O/c1-3-21(33-24-19(16(2)32-27(29)35-24)13-12-17-14-30-15-31-17)25-34-22-11-7-10-20(28)23(22)26(37)36(25)18-8-5-4-6-9-18/h4-15,21H,3H2,1-2H3,(H,30,31)(H3,29,32,33,35)/b13-12+. The van der Waals surface area contributed by atoms with Crippen LogP contribution in [-0.2, 0) is 0 Å². The zero-order valence-corrected chi connectivity index (χ0v) is 20.3. The number of rotatable bonds is 7. The number of H-pyrrole nitrogens is 1. The lowest BCUT2D eigenvalue weighted by Gasteiger charge is -2.23. The van der Waals surface area contributed by atoms with E-state index in [9.17, 15) is 9.18 Å². The Morgan fingerprint density at radius 1 is 1.11 bits per heavy atom. The van der Waals surface area contributed by atoms with E-state index in [1.54, 1.807) is 36.8 Å². The van der Waals surface area contributed by atoms with Gasteiger partial charge in [0.25, 0.3) is 5.56 Å². The van der Waals surface area contributed by atoms with Gasteiger partial charge in [0.05, 0.1) is 35.0 Å². The van der Waals surface area contributed by atoms with E-state index in [0.717, 1.165) is 11.3 Å². The van der Waals surface area contributed by atoms with E-state index in [1.807, 2.05) is 44.2 Å². The molecule has 0 spiro atoms. The van der Waals surface area contributed by atoms with Crippen molar-refractivity contribution in [2.45, 2.75) is 26.3 Å². The maximum atomic E-state index is 14.7. The van der Waals surface area contributed by atoms with E-state index in [2.05, 4.69) is 25.3 Å². The Kier molecular flexibility index (Phi) is 6.46. The van der Waals surface area contributed by atoms with Gasteiger partial charge in [-0.1, -0.05) is 31.2 Å². The summed E-state index contributed by atoms with van der Waals surface area (Å²) in [5.74, 6) is 0.406. The Morgan fingerprint density at radius 2 is 1.92 bits per heavy atom. The minimum absolute atomic E-state index is 0.0605. The summed E-state index contributed by atoms with van der Waals surface area (Å²) in [6, 6.07) is 13.0. The second-order valence-corrected chi connectivity index (χ2v) is 8.44. The number of aromatic amines is 1. The molecule has 3 aromatic heterocycles. The van der Waals surface area contributed by atoms with Crippen LogP contribution in [0, 0.1) is 12.7 Å². The summed E-state index contributed by atoms with van der Waals surface area (Å²) in [5, 5.41) is 3.36. The van der Waals surface area contributed by atoms with Crippen molar-refractivity contribution in [1.82, 2.24) is 29.5 Å². The van der Waals surface area contributed by atoms with Crippen LogP contribution in [0.4, 0.5) is 16.2 Å². The number of nitrogens with one attached hydrogen (secondary N) is 2. The van der Waals surface area contributed by atoms with Gasteiger partial charge in [-0.3, -0.25) is 9.36 Å². The van der Waals surface area contributed by atoms with E-state index < -0.39 is 17.4 Å². The number of benzene rings is 2. The van der Waals surface area contributed by atoms with Gasteiger partial charge in [0.2, 0.25) is 5.95 Å². The van der Waals surface area contributed by atoms with Crippen LogP contribution >= 0.6 is 0 Å². The maximum absolute atomic E-state index is 14.7. The molecular weight excluding hydrogens is 471 g/mol. The SMILES string of the molecule is CCC(Nc1nc(N)nc(C)c1/C=C/c1c[nH]cn1)c1nc2cccc(F)c2c(=O)n1-c1ccccc1. The lowest BCUT2D eigenvalue weighted by Crippen LogP contribution is -2.29. The fourth-order valence-corrected chi connectivity index (χ4v) is 4.23. The molecule has 0 amide bonds. The average Bonchev–Trinajstić information content (AvgIpc) is 3.40. The first-order chi connectivity index (χ1) is 18.0. The highest BCUT2D eigenvalue weighted by Gasteiger charge is 2.23. The van der Waals surface area contributed by atoms with Crippen LogP contribution in [0.3, 0.4) is 0 Å². The van der Waals surface area contributed by atoms with E-state index in [1.165, 1.54) is 10.6 Å². The second-order valence-electron chi connectivity index (χ2n) is 8.44. The number of aryl methyl sites for hydroxylation is 1. The molecule has 0 radical (unpaired) electrons. The summed E-state index contributed by atoms with van der Waals surface area (Å²) in [4.78, 5) is 34.3. The molecule has 0 aliphatic carbocycles. The number of anilines is 2. The number of para-hydroxylation sites is 1. The first-order valence-electron chi connectivity index (χ1n) is 11.8. The molecule has 0 saturated heterocycles. The van der Waals surface area contributed by atoms with E-state index >= 15 is 0 Å². The highest BCUT2D eigenvalue weighted by molar-refractivity contribution is 5.79. The molecule has 37 heavy (non-hydrogen) atoms. The number of fused-ring (bicyclic) bond motifs is 1. The molecule has 0 fully saturated rings. The number of hydrogen-bond acceptors (Lipinski definition) is 7. The van der Waals surface area contributed by atoms with Gasteiger partial charge in [-0.25, -0.2) is 19.3 Å². The van der Waals surface area contributed by atoms with Crippen LogP contribution in [0.15, 0.2) is 65.8 Å². The molecule has 0 aliphatic heterocycles. The molecule has 1 unspecified atom stereocenters. The van der Waals surface area contributed by atoms with Gasteiger partial charge >= 0.3 is 0 Å². The molecule has 5 rings (SSSR count). The highest BCUT2D eigenvalue weighted by Crippen LogP contribution is 2.28. The van der Waals surface area contributed by atoms with Crippen LogP contribution in [0.5, 0.6) is 0 Å². The third kappa shape index (κ3) is 4.68. The first-order valence-corrected chi connectivity index (χ1v) is 11.8. The number of nitrogens with zero attached hydrogens (tertiary/aromatic N) is 5. The lowest BCUT2D eigenvalue weighted by atomic mass is 10.1. The summed E-state index contributed by atoms with van der Waals surface area (Å²) in [6.07, 6.45) is 7.60. The molecule has 0 aliphatic rings. The molecule has 2 aromatic carbocycles. The first kappa shape index (κ1) is 23.9. The van der Waals surface area contributed by atoms with Crippen molar-refractivity contribution in [1.29, 1.82) is 0 Å². The van der Waals surface area contributed by atoms with Gasteiger partial charge in [-0.05, 0) is 49.8 Å². The molecule has 1 atom stereocenters. The van der Waals surface area contributed by atoms with Crippen LogP contribution < -0.4 is 16.6 Å². The minimum atomic E-state index is -0.614. The highest BCUT2D eigenvalue weighted by atomic mass is 19.1. The van der Waals surface area contributed by atoms with Crippen molar-refractivity contribution in [2.24, 2.45) is 0 Å². The van der Waals surface area contributed by atoms with Crippen molar-refractivity contribution >= 4 is 34.8 Å². The van der Waals surface area contributed by atoms with Gasteiger partial charge in [0.1, 0.15) is 22.8 Å². The number of aromatic nitrogens is 6. The molecule has 3 heterocycles. The third-order valence-corrected chi connectivity index (χ3v) is 6.01. The van der Waals surface area contributed by atoms with Crippen LogP contribution in [0.25, 0.3) is 28.7 Å². The summed E-state index contributed by atoms with van der Waals surface area (Å²) in [6.45, 7) is 3.80. The normalized spacial score (nSPS) is 12.3. The zero-order chi connectivity index (χ0) is 25.9. The summed E-state index contributed by atoms with van der Waals surface area (Å²) in [7, 11) is 0. The number of nitrogen functional groups attached to an aromatic ring is 1. The lowest BCUT2D eigenvalue weighted by molar-refractivity contribution is 0.630. The molecule has 9 nitrogen and oxygen atoms in total. The Hall–Kier alpha value is -4.86. The molecule has 0 saturated carbocycles. The third-order valence-electron chi connectivity index (χ3n) is 6.01. The fraction of sp³-hybridized carbons (Fsp3) is 0.148. The molecular formula is C27H25FN8O. The Morgan fingerprint density at radius 3 is 2.65 bits per heavy atom. The van der Waals surface area contributed by atoms with Crippen molar-refractivity contribution in [3.8, 4) is 5.69 Å². The van der Waals surface area contributed by atoms with Crippen molar-refractivity contribution in [3.05, 3.63) is 100 Å². The monoisotopic (exact) mass is 496 g/mol. The van der Waals surface area contributed by atoms with Crippen LogP contribution in [0.1, 0.15) is 42.2 Å². The fourth-order valence-electron chi connectivity index (χ4n) is 4.23. The topological polar surface area (TPSA) is 127 Å². The molecule has 4 N–H and O–H groups in total. The zero-order valence-electron chi connectivity index (χ0n) is 20.3. The van der Waals surface area contributed by atoms with Gasteiger partial charge in [0.15, 0.2) is 0 Å².